The van der Waals surface area contributed by atoms with E-state index in [-0.39, 0.29) is 17.6 Å². The van der Waals surface area contributed by atoms with Gasteiger partial charge in [-0.25, -0.2) is 4.79 Å². The van der Waals surface area contributed by atoms with Crippen LogP contribution in [0.1, 0.15) is 48.0 Å². The number of methoxy groups -OCH3 is 1. The van der Waals surface area contributed by atoms with Crippen LogP contribution in [0.15, 0.2) is 54.1 Å². The predicted molar refractivity (Wildman–Crippen MR) is 114 cm³/mol. The van der Waals surface area contributed by atoms with Gasteiger partial charge in [0.05, 0.1) is 12.7 Å². The Hall–Kier alpha value is -3.59. The molecule has 1 aliphatic rings. The molecule has 0 saturated heterocycles. The van der Waals surface area contributed by atoms with E-state index in [2.05, 4.69) is 5.32 Å². The molecule has 2 aromatic rings. The van der Waals surface area contributed by atoms with Crippen molar-refractivity contribution in [2.24, 2.45) is 0 Å². The fourth-order valence-corrected chi connectivity index (χ4v) is 3.31. The van der Waals surface area contributed by atoms with Gasteiger partial charge < -0.3 is 14.8 Å². The van der Waals surface area contributed by atoms with Crippen LogP contribution in [0.25, 0.3) is 6.08 Å². The summed E-state index contributed by atoms with van der Waals surface area (Å²) >= 11 is 0. The molecule has 1 saturated carbocycles. The molecule has 1 N–H and O–H groups in total. The van der Waals surface area contributed by atoms with Gasteiger partial charge in [-0.3, -0.25) is 4.79 Å². The van der Waals surface area contributed by atoms with Crippen LogP contribution in [0.5, 0.6) is 5.75 Å². The van der Waals surface area contributed by atoms with E-state index < -0.39 is 5.91 Å². The van der Waals surface area contributed by atoms with Crippen molar-refractivity contribution in [1.29, 1.82) is 5.26 Å². The standard InChI is InChI=1S/C24H24N2O4/c1-29-21-13-7-17(8-14-21)15-19(16-25)23(27)26-20-11-9-18(10-12-20)24(28)30-22-5-3-2-4-6-22/h7-15,22H,2-6H2,1H3,(H,26,27). The first-order valence-electron chi connectivity index (χ1n) is 9.97. The topological polar surface area (TPSA) is 88.4 Å². The van der Waals surface area contributed by atoms with E-state index in [0.29, 0.717) is 22.6 Å². The number of hydrogen-bond acceptors (Lipinski definition) is 5. The maximum Gasteiger partial charge on any atom is 0.338 e. The minimum atomic E-state index is -0.522. The molecule has 0 spiro atoms. The van der Waals surface area contributed by atoms with Crippen molar-refractivity contribution in [3.63, 3.8) is 0 Å². The average molecular weight is 404 g/mol. The highest BCUT2D eigenvalue weighted by Crippen LogP contribution is 2.22. The normalized spacial score (nSPS) is 14.5. The Bertz CT molecular complexity index is 950. The minimum Gasteiger partial charge on any atom is -0.497 e. The van der Waals surface area contributed by atoms with Crippen LogP contribution >= 0.6 is 0 Å². The lowest BCUT2D eigenvalue weighted by Crippen LogP contribution is -2.21. The molecule has 6 nitrogen and oxygen atoms in total. The SMILES string of the molecule is COc1ccc(C=C(C#N)C(=O)Nc2ccc(C(=O)OC3CCCCC3)cc2)cc1. The second-order valence-electron chi connectivity index (χ2n) is 7.14. The van der Waals surface area contributed by atoms with E-state index >= 15 is 0 Å². The fraction of sp³-hybridized carbons (Fsp3) is 0.292. The number of hydrogen-bond donors (Lipinski definition) is 1. The molecule has 0 bridgehead atoms. The van der Waals surface area contributed by atoms with Crippen molar-refractivity contribution >= 4 is 23.6 Å². The number of carbonyl (C=O) groups is 2. The molecule has 0 heterocycles. The first-order valence-corrected chi connectivity index (χ1v) is 9.97. The number of ether oxygens (including phenoxy) is 2. The molecule has 0 aliphatic heterocycles. The van der Waals surface area contributed by atoms with Crippen LogP contribution < -0.4 is 10.1 Å². The Balaban J connectivity index is 1.61. The molecule has 0 unspecified atom stereocenters. The van der Waals surface area contributed by atoms with Crippen molar-refractivity contribution in [1.82, 2.24) is 0 Å². The lowest BCUT2D eigenvalue weighted by atomic mass is 9.98. The van der Waals surface area contributed by atoms with E-state index in [1.54, 1.807) is 55.6 Å². The summed E-state index contributed by atoms with van der Waals surface area (Å²) in [5.41, 5.74) is 1.61. The van der Waals surface area contributed by atoms with Gasteiger partial charge in [0.25, 0.3) is 5.91 Å². The Morgan fingerprint density at radius 2 is 1.70 bits per heavy atom. The summed E-state index contributed by atoms with van der Waals surface area (Å²) in [6.07, 6.45) is 6.70. The van der Waals surface area contributed by atoms with E-state index in [0.717, 1.165) is 25.7 Å². The molecule has 6 heteroatoms. The molecule has 1 aliphatic carbocycles. The molecule has 0 aromatic heterocycles. The van der Waals surface area contributed by atoms with Crippen LogP contribution in [-0.2, 0) is 9.53 Å². The van der Waals surface area contributed by atoms with E-state index in [9.17, 15) is 14.9 Å². The van der Waals surface area contributed by atoms with Crippen molar-refractivity contribution in [2.45, 2.75) is 38.2 Å². The summed E-state index contributed by atoms with van der Waals surface area (Å²) in [7, 11) is 1.57. The van der Waals surface area contributed by atoms with Gasteiger partial charge in [0.1, 0.15) is 23.5 Å². The largest absolute Gasteiger partial charge is 0.497 e. The van der Waals surface area contributed by atoms with Gasteiger partial charge in [0.2, 0.25) is 0 Å². The van der Waals surface area contributed by atoms with E-state index in [1.807, 2.05) is 6.07 Å². The van der Waals surface area contributed by atoms with E-state index in [4.69, 9.17) is 9.47 Å². The Kier molecular flexibility index (Phi) is 7.23. The zero-order valence-corrected chi connectivity index (χ0v) is 16.9. The number of anilines is 1. The van der Waals surface area contributed by atoms with Crippen LogP contribution in [-0.4, -0.2) is 25.1 Å². The fourth-order valence-electron chi connectivity index (χ4n) is 3.31. The molecule has 3 rings (SSSR count). The van der Waals surface area contributed by atoms with Crippen LogP contribution in [0.2, 0.25) is 0 Å². The summed E-state index contributed by atoms with van der Waals surface area (Å²) in [6, 6.07) is 15.4. The molecular weight excluding hydrogens is 380 g/mol. The summed E-state index contributed by atoms with van der Waals surface area (Å²) < 4.78 is 10.6. The second kappa shape index (κ2) is 10.3. The molecule has 1 fully saturated rings. The van der Waals surface area contributed by atoms with Gasteiger partial charge in [-0.1, -0.05) is 18.6 Å². The number of esters is 1. The van der Waals surface area contributed by atoms with Gasteiger partial charge in [0, 0.05) is 5.69 Å². The third kappa shape index (κ3) is 5.71. The molecule has 2 aromatic carbocycles. The van der Waals surface area contributed by atoms with Gasteiger partial charge >= 0.3 is 5.97 Å². The van der Waals surface area contributed by atoms with Crippen molar-refractivity contribution in [3.8, 4) is 11.8 Å². The van der Waals surface area contributed by atoms with Gasteiger partial charge in [-0.15, -0.1) is 0 Å². The quantitative estimate of drug-likeness (QED) is 0.427. The average Bonchev–Trinajstić information content (AvgIpc) is 2.79. The van der Waals surface area contributed by atoms with E-state index in [1.165, 1.54) is 12.5 Å². The van der Waals surface area contributed by atoms with Gasteiger partial charge in [-0.05, 0) is 73.7 Å². The smallest absolute Gasteiger partial charge is 0.338 e. The highest BCUT2D eigenvalue weighted by molar-refractivity contribution is 6.09. The third-order valence-corrected chi connectivity index (χ3v) is 5.00. The summed E-state index contributed by atoms with van der Waals surface area (Å²) in [4.78, 5) is 24.7. The Morgan fingerprint density at radius 1 is 1.03 bits per heavy atom. The number of amides is 1. The van der Waals surface area contributed by atoms with Gasteiger partial charge in [0.15, 0.2) is 0 Å². The predicted octanol–water partition coefficient (Wildman–Crippen LogP) is 4.73. The highest BCUT2D eigenvalue weighted by atomic mass is 16.5. The highest BCUT2D eigenvalue weighted by Gasteiger charge is 2.19. The maximum atomic E-state index is 12.4. The summed E-state index contributed by atoms with van der Waals surface area (Å²) in [5.74, 6) is -0.181. The summed E-state index contributed by atoms with van der Waals surface area (Å²) in [5, 5.41) is 12.0. The number of nitriles is 1. The lowest BCUT2D eigenvalue weighted by Gasteiger charge is -2.21. The maximum absolute atomic E-state index is 12.4. The zero-order valence-electron chi connectivity index (χ0n) is 16.9. The monoisotopic (exact) mass is 404 g/mol. The Labute approximate surface area is 176 Å². The van der Waals surface area contributed by atoms with Crippen LogP contribution in [0.4, 0.5) is 5.69 Å². The molecule has 30 heavy (non-hydrogen) atoms. The minimum absolute atomic E-state index is 0.00749. The number of nitrogens with one attached hydrogen (secondary N) is 1. The van der Waals surface area contributed by atoms with Crippen molar-refractivity contribution in [3.05, 3.63) is 65.2 Å². The second-order valence-corrected chi connectivity index (χ2v) is 7.14. The third-order valence-electron chi connectivity index (χ3n) is 5.00. The molecule has 1 amide bonds. The van der Waals surface area contributed by atoms with Crippen LogP contribution in [0, 0.1) is 11.3 Å². The molecule has 0 radical (unpaired) electrons. The van der Waals surface area contributed by atoms with Crippen molar-refractivity contribution < 1.29 is 19.1 Å². The van der Waals surface area contributed by atoms with Gasteiger partial charge in [-0.2, -0.15) is 5.26 Å². The molecule has 0 atom stereocenters. The van der Waals surface area contributed by atoms with Crippen LogP contribution in [0.3, 0.4) is 0 Å². The van der Waals surface area contributed by atoms with Crippen molar-refractivity contribution in [2.75, 3.05) is 12.4 Å². The zero-order chi connectivity index (χ0) is 21.3. The number of benzene rings is 2. The summed E-state index contributed by atoms with van der Waals surface area (Å²) in [6.45, 7) is 0. The first-order chi connectivity index (χ1) is 14.6. The lowest BCUT2D eigenvalue weighted by molar-refractivity contribution is -0.112. The number of nitrogens with zero attached hydrogens (tertiary/aromatic N) is 1. The molecule has 154 valence electrons. The number of rotatable bonds is 6. The first kappa shape index (κ1) is 21.1. The molecular formula is C24H24N2O4. The Morgan fingerprint density at radius 3 is 2.30 bits per heavy atom. The number of carbonyl (C=O) groups excluding carboxylic acids is 2.